The van der Waals surface area contributed by atoms with Crippen molar-refractivity contribution in [2.45, 2.75) is 38.5 Å². The summed E-state index contributed by atoms with van der Waals surface area (Å²) < 4.78 is 0. The van der Waals surface area contributed by atoms with Gasteiger partial charge >= 0.3 is 0 Å². The number of anilines is 3. The first-order valence-electron chi connectivity index (χ1n) is 19.4. The summed E-state index contributed by atoms with van der Waals surface area (Å²) in [4.78, 5) is 2.51. The van der Waals surface area contributed by atoms with Crippen molar-refractivity contribution in [2.75, 3.05) is 4.90 Å². The molecule has 0 fully saturated rings. The molecule has 0 radical (unpaired) electrons. The van der Waals surface area contributed by atoms with Gasteiger partial charge < -0.3 is 4.90 Å². The molecule has 0 atom stereocenters. The third-order valence-corrected chi connectivity index (χ3v) is 12.3. The number of hydrogen-bond donors (Lipinski definition) is 0. The minimum Gasteiger partial charge on any atom is -0.310 e. The summed E-state index contributed by atoms with van der Waals surface area (Å²) in [6, 6.07) is 69.6. The molecule has 0 aliphatic heterocycles. The van der Waals surface area contributed by atoms with E-state index < -0.39 is 0 Å². The third-order valence-electron chi connectivity index (χ3n) is 12.3. The highest BCUT2D eigenvalue weighted by Crippen LogP contribution is 2.54. The van der Waals surface area contributed by atoms with Gasteiger partial charge in [0.25, 0.3) is 0 Å². The van der Waals surface area contributed by atoms with Crippen LogP contribution in [0.5, 0.6) is 0 Å². The predicted octanol–water partition coefficient (Wildman–Crippen LogP) is 14.8. The van der Waals surface area contributed by atoms with Gasteiger partial charge in [0, 0.05) is 27.8 Å². The van der Waals surface area contributed by atoms with Gasteiger partial charge in [0.1, 0.15) is 0 Å². The molecular formula is C54H43N. The van der Waals surface area contributed by atoms with E-state index in [1.54, 1.807) is 0 Å². The highest BCUT2D eigenvalue weighted by molar-refractivity contribution is 5.95. The van der Waals surface area contributed by atoms with Gasteiger partial charge in [0.15, 0.2) is 0 Å². The molecule has 2 aliphatic carbocycles. The Labute approximate surface area is 325 Å². The van der Waals surface area contributed by atoms with E-state index in [9.17, 15) is 0 Å². The molecule has 2 aliphatic rings. The van der Waals surface area contributed by atoms with Crippen LogP contribution < -0.4 is 4.90 Å². The summed E-state index contributed by atoms with van der Waals surface area (Å²) >= 11 is 0. The maximum absolute atomic E-state index is 2.51. The van der Waals surface area contributed by atoms with E-state index in [-0.39, 0.29) is 10.8 Å². The highest BCUT2D eigenvalue weighted by Gasteiger charge is 2.38. The summed E-state index contributed by atoms with van der Waals surface area (Å²) in [6.07, 6.45) is 0. The van der Waals surface area contributed by atoms with E-state index in [2.05, 4.69) is 221 Å². The average Bonchev–Trinajstić information content (AvgIpc) is 3.61. The van der Waals surface area contributed by atoms with Crippen LogP contribution in [0, 0.1) is 0 Å². The fourth-order valence-electron chi connectivity index (χ4n) is 9.44. The molecule has 0 N–H and O–H groups in total. The lowest BCUT2D eigenvalue weighted by atomic mass is 9.82. The van der Waals surface area contributed by atoms with Gasteiger partial charge in [-0.3, -0.25) is 0 Å². The summed E-state index contributed by atoms with van der Waals surface area (Å²) in [7, 11) is 0. The minimum atomic E-state index is -0.123. The summed E-state index contributed by atoms with van der Waals surface area (Å²) in [5.74, 6) is 0. The van der Waals surface area contributed by atoms with Crippen LogP contribution in [-0.4, -0.2) is 0 Å². The maximum Gasteiger partial charge on any atom is 0.0540 e. The monoisotopic (exact) mass is 705 g/mol. The topological polar surface area (TPSA) is 3.24 Å². The first-order chi connectivity index (χ1) is 26.8. The van der Waals surface area contributed by atoms with Gasteiger partial charge in [-0.15, -0.1) is 0 Å². The second kappa shape index (κ2) is 12.6. The molecule has 0 spiro atoms. The smallest absolute Gasteiger partial charge is 0.0540 e. The second-order valence-corrected chi connectivity index (χ2v) is 16.1. The standard InChI is InChI=1S/C54H43N/c1-53(2)48-25-15-13-23-43(48)45-30-28-39(34-50(45)53)55(40-29-31-46-44-24-14-16-26-49(44)54(3,4)51(46)35-40)52-32-27-38(33-47(52)37-19-9-6-10-20-37)42-22-12-11-21-41(42)36-17-7-5-8-18-36/h5-35H,1-4H3. The average molecular weight is 706 g/mol. The molecule has 10 rings (SSSR count). The van der Waals surface area contributed by atoms with Crippen LogP contribution >= 0.6 is 0 Å². The van der Waals surface area contributed by atoms with Crippen LogP contribution in [0.15, 0.2) is 188 Å². The largest absolute Gasteiger partial charge is 0.310 e. The zero-order valence-electron chi connectivity index (χ0n) is 31.8. The van der Waals surface area contributed by atoms with Crippen molar-refractivity contribution in [3.05, 3.63) is 210 Å². The number of rotatable bonds is 6. The lowest BCUT2D eigenvalue weighted by Crippen LogP contribution is -2.18. The van der Waals surface area contributed by atoms with Crippen molar-refractivity contribution in [3.63, 3.8) is 0 Å². The first kappa shape index (κ1) is 33.2. The van der Waals surface area contributed by atoms with E-state index in [0.29, 0.717) is 0 Å². The van der Waals surface area contributed by atoms with Gasteiger partial charge in [-0.25, -0.2) is 0 Å². The quantitative estimate of drug-likeness (QED) is 0.166. The van der Waals surface area contributed by atoms with E-state index in [0.717, 1.165) is 17.1 Å². The normalized spacial score (nSPS) is 14.1. The van der Waals surface area contributed by atoms with Gasteiger partial charge in [-0.1, -0.05) is 179 Å². The van der Waals surface area contributed by atoms with Crippen molar-refractivity contribution in [1.82, 2.24) is 0 Å². The van der Waals surface area contributed by atoms with Crippen LogP contribution in [-0.2, 0) is 10.8 Å². The Balaban J connectivity index is 1.21. The molecular weight excluding hydrogens is 663 g/mol. The van der Waals surface area contributed by atoms with Crippen LogP contribution in [0.25, 0.3) is 55.6 Å². The summed E-state index contributed by atoms with van der Waals surface area (Å²) in [6.45, 7) is 9.48. The second-order valence-electron chi connectivity index (χ2n) is 16.1. The maximum atomic E-state index is 2.51. The molecule has 0 aromatic heterocycles. The number of fused-ring (bicyclic) bond motifs is 6. The molecule has 0 heterocycles. The Kier molecular flexibility index (Phi) is 7.58. The molecule has 8 aromatic carbocycles. The molecule has 1 nitrogen and oxygen atoms in total. The SMILES string of the molecule is CC1(C)c2ccccc2-c2ccc(N(c3ccc4c(c3)C(C)(C)c3ccccc3-4)c3ccc(-c4ccccc4-c4ccccc4)cc3-c3ccccc3)cc21. The van der Waals surface area contributed by atoms with E-state index in [4.69, 9.17) is 0 Å². The Hall–Kier alpha value is -6.44. The number of hydrogen-bond acceptors (Lipinski definition) is 1. The fraction of sp³-hybridized carbons (Fsp3) is 0.111. The molecule has 0 amide bonds. The lowest BCUT2D eigenvalue weighted by molar-refractivity contribution is 0.660. The number of benzene rings is 8. The lowest BCUT2D eigenvalue weighted by Gasteiger charge is -2.31. The Morgan fingerprint density at radius 3 is 1.20 bits per heavy atom. The van der Waals surface area contributed by atoms with Crippen molar-refractivity contribution in [2.24, 2.45) is 0 Å². The van der Waals surface area contributed by atoms with Gasteiger partial charge in [0.2, 0.25) is 0 Å². The van der Waals surface area contributed by atoms with Gasteiger partial charge in [-0.05, 0) is 109 Å². The zero-order chi connectivity index (χ0) is 37.3. The van der Waals surface area contributed by atoms with Crippen LogP contribution in [0.2, 0.25) is 0 Å². The summed E-state index contributed by atoms with van der Waals surface area (Å²) in [5.41, 5.74) is 21.3. The summed E-state index contributed by atoms with van der Waals surface area (Å²) in [5, 5.41) is 0. The van der Waals surface area contributed by atoms with Crippen molar-refractivity contribution in [1.29, 1.82) is 0 Å². The highest BCUT2D eigenvalue weighted by atomic mass is 15.1. The molecule has 8 aromatic rings. The molecule has 1 heteroatoms. The fourth-order valence-corrected chi connectivity index (χ4v) is 9.44. The Morgan fingerprint density at radius 1 is 0.291 bits per heavy atom. The number of nitrogens with zero attached hydrogens (tertiary/aromatic N) is 1. The molecule has 0 unspecified atom stereocenters. The van der Waals surface area contributed by atoms with Crippen molar-refractivity contribution in [3.8, 4) is 55.6 Å². The van der Waals surface area contributed by atoms with E-state index in [1.165, 1.54) is 77.9 Å². The zero-order valence-corrected chi connectivity index (χ0v) is 31.8. The van der Waals surface area contributed by atoms with E-state index in [1.807, 2.05) is 0 Å². The van der Waals surface area contributed by atoms with Crippen LogP contribution in [0.3, 0.4) is 0 Å². The molecule has 0 saturated heterocycles. The molecule has 55 heavy (non-hydrogen) atoms. The van der Waals surface area contributed by atoms with Crippen LogP contribution in [0.4, 0.5) is 17.1 Å². The van der Waals surface area contributed by atoms with Gasteiger partial charge in [0.05, 0.1) is 5.69 Å². The molecule has 0 saturated carbocycles. The van der Waals surface area contributed by atoms with Gasteiger partial charge in [-0.2, -0.15) is 0 Å². The minimum absolute atomic E-state index is 0.123. The van der Waals surface area contributed by atoms with Crippen molar-refractivity contribution < 1.29 is 0 Å². The van der Waals surface area contributed by atoms with Crippen molar-refractivity contribution >= 4 is 17.1 Å². The van der Waals surface area contributed by atoms with Crippen LogP contribution in [0.1, 0.15) is 49.9 Å². The van der Waals surface area contributed by atoms with E-state index >= 15 is 0 Å². The predicted molar refractivity (Wildman–Crippen MR) is 233 cm³/mol. The Bertz CT molecular complexity index is 2650. The Morgan fingerprint density at radius 2 is 0.691 bits per heavy atom. The molecule has 0 bridgehead atoms. The first-order valence-corrected chi connectivity index (χ1v) is 19.4. The third kappa shape index (κ3) is 5.22. The molecule has 264 valence electrons.